The summed E-state index contributed by atoms with van der Waals surface area (Å²) in [7, 11) is 1.90. The van der Waals surface area contributed by atoms with Gasteiger partial charge in [0.15, 0.2) is 0 Å². The minimum Gasteiger partial charge on any atom is -0.346 e. The topological polar surface area (TPSA) is 67.2 Å². The number of carbonyl (C=O) groups is 2. The van der Waals surface area contributed by atoms with Gasteiger partial charge in [0.25, 0.3) is 5.91 Å². The number of piperidine rings is 1. The summed E-state index contributed by atoms with van der Waals surface area (Å²) in [5, 5.41) is 2.96. The number of nitrogens with one attached hydrogen (secondary N) is 1. The van der Waals surface area contributed by atoms with E-state index >= 15 is 0 Å². The zero-order valence-corrected chi connectivity index (χ0v) is 15.7. The number of thiazole rings is 1. The Bertz CT molecular complexity index is 780. The minimum absolute atomic E-state index is 0.0570. The summed E-state index contributed by atoms with van der Waals surface area (Å²) < 4.78 is 1.92. The summed E-state index contributed by atoms with van der Waals surface area (Å²) in [5.41, 5.74) is 4.38. The van der Waals surface area contributed by atoms with Gasteiger partial charge >= 0.3 is 0 Å². The van der Waals surface area contributed by atoms with E-state index in [-0.39, 0.29) is 17.9 Å². The van der Waals surface area contributed by atoms with E-state index in [0.717, 1.165) is 42.1 Å². The van der Waals surface area contributed by atoms with Crippen molar-refractivity contribution in [2.24, 2.45) is 7.05 Å². The molecule has 7 heteroatoms. The van der Waals surface area contributed by atoms with E-state index in [0.29, 0.717) is 12.2 Å². The molecule has 0 bridgehead atoms. The highest BCUT2D eigenvalue weighted by Gasteiger charge is 2.28. The fraction of sp³-hybridized carbons (Fsp3) is 0.500. The van der Waals surface area contributed by atoms with Crippen LogP contribution in [-0.4, -0.2) is 32.8 Å². The maximum Gasteiger partial charge on any atom is 0.268 e. The van der Waals surface area contributed by atoms with Crippen molar-refractivity contribution < 1.29 is 9.59 Å². The van der Waals surface area contributed by atoms with Crippen LogP contribution in [0.3, 0.4) is 0 Å². The van der Waals surface area contributed by atoms with Crippen molar-refractivity contribution in [3.8, 4) is 0 Å². The summed E-state index contributed by atoms with van der Waals surface area (Å²) in [6, 6.07) is 3.87. The maximum absolute atomic E-state index is 12.6. The van der Waals surface area contributed by atoms with Crippen molar-refractivity contribution in [3.63, 3.8) is 0 Å². The second kappa shape index (κ2) is 7.39. The summed E-state index contributed by atoms with van der Waals surface area (Å²) >= 11 is 1.55. The third-order valence-corrected chi connectivity index (χ3v) is 5.83. The molecule has 2 aromatic heterocycles. The average molecular weight is 360 g/mol. The first-order chi connectivity index (χ1) is 12.0. The van der Waals surface area contributed by atoms with Gasteiger partial charge in [0.05, 0.1) is 23.8 Å². The molecular formula is C18H24N4O2S. The van der Waals surface area contributed by atoms with Gasteiger partial charge in [-0.25, -0.2) is 4.98 Å². The first kappa shape index (κ1) is 17.7. The van der Waals surface area contributed by atoms with Gasteiger partial charge in [-0.05, 0) is 38.3 Å². The van der Waals surface area contributed by atoms with Crippen LogP contribution in [0, 0.1) is 6.92 Å². The van der Waals surface area contributed by atoms with Crippen LogP contribution in [0.1, 0.15) is 59.0 Å². The predicted molar refractivity (Wildman–Crippen MR) is 97.4 cm³/mol. The molecule has 0 saturated carbocycles. The Hall–Kier alpha value is -2.15. The third-order valence-electron chi connectivity index (χ3n) is 4.90. The van der Waals surface area contributed by atoms with Crippen LogP contribution in [-0.2, 0) is 18.4 Å². The lowest BCUT2D eigenvalue weighted by Gasteiger charge is -2.35. The molecule has 0 aliphatic carbocycles. The van der Waals surface area contributed by atoms with Crippen LogP contribution >= 0.6 is 11.3 Å². The summed E-state index contributed by atoms with van der Waals surface area (Å²) in [6.07, 6.45) is 3.09. The molecule has 0 radical (unpaired) electrons. The fourth-order valence-electron chi connectivity index (χ4n) is 3.45. The zero-order chi connectivity index (χ0) is 18.0. The molecule has 3 heterocycles. The number of nitrogens with zero attached hydrogens (tertiary/aromatic N) is 3. The zero-order valence-electron chi connectivity index (χ0n) is 14.9. The van der Waals surface area contributed by atoms with Gasteiger partial charge in [0.2, 0.25) is 5.91 Å². The SMILES string of the molecule is CC(=O)N1CCCC[C@H]1c1ccc(C(=O)NCc2scnc2C)n1C. The lowest BCUT2D eigenvalue weighted by Crippen LogP contribution is -2.38. The van der Waals surface area contributed by atoms with Crippen molar-refractivity contribution in [2.45, 2.75) is 45.7 Å². The van der Waals surface area contributed by atoms with Crippen molar-refractivity contribution in [3.05, 3.63) is 39.6 Å². The van der Waals surface area contributed by atoms with Crippen LogP contribution in [0.5, 0.6) is 0 Å². The number of hydrogen-bond donors (Lipinski definition) is 1. The molecule has 134 valence electrons. The molecule has 1 aliphatic heterocycles. The monoisotopic (exact) mass is 360 g/mol. The van der Waals surface area contributed by atoms with E-state index in [4.69, 9.17) is 0 Å². The van der Waals surface area contributed by atoms with E-state index in [1.54, 1.807) is 23.8 Å². The predicted octanol–water partition coefficient (Wildman–Crippen LogP) is 2.79. The van der Waals surface area contributed by atoms with Crippen LogP contribution in [0.15, 0.2) is 17.6 Å². The number of hydrogen-bond acceptors (Lipinski definition) is 4. The van der Waals surface area contributed by atoms with Gasteiger partial charge in [-0.3, -0.25) is 9.59 Å². The van der Waals surface area contributed by atoms with Crippen LogP contribution in [0.25, 0.3) is 0 Å². The molecule has 1 fully saturated rings. The maximum atomic E-state index is 12.6. The molecule has 0 unspecified atom stereocenters. The number of aryl methyl sites for hydroxylation is 1. The lowest BCUT2D eigenvalue weighted by molar-refractivity contribution is -0.132. The summed E-state index contributed by atoms with van der Waals surface area (Å²) in [6.45, 7) is 4.83. The molecule has 2 amide bonds. The van der Waals surface area contributed by atoms with Gasteiger partial charge in [0, 0.05) is 31.1 Å². The Morgan fingerprint density at radius 2 is 2.16 bits per heavy atom. The highest BCUT2D eigenvalue weighted by molar-refractivity contribution is 7.09. The van der Waals surface area contributed by atoms with Crippen molar-refractivity contribution in [1.29, 1.82) is 0 Å². The average Bonchev–Trinajstić information content (AvgIpc) is 3.18. The van der Waals surface area contributed by atoms with Gasteiger partial charge in [-0.15, -0.1) is 11.3 Å². The van der Waals surface area contributed by atoms with Crippen molar-refractivity contribution in [1.82, 2.24) is 19.8 Å². The molecule has 3 rings (SSSR count). The first-order valence-corrected chi connectivity index (χ1v) is 9.47. The Balaban J connectivity index is 1.75. The Morgan fingerprint density at radius 1 is 1.36 bits per heavy atom. The van der Waals surface area contributed by atoms with Crippen LogP contribution < -0.4 is 5.32 Å². The summed E-state index contributed by atoms with van der Waals surface area (Å²) in [4.78, 5) is 31.7. The molecule has 0 spiro atoms. The van der Waals surface area contributed by atoms with Crippen LogP contribution in [0.2, 0.25) is 0 Å². The molecule has 6 nitrogen and oxygen atoms in total. The summed E-state index contributed by atoms with van der Waals surface area (Å²) in [5.74, 6) is -0.00990. The number of carbonyl (C=O) groups excluding carboxylic acids is 2. The number of aromatic nitrogens is 2. The smallest absolute Gasteiger partial charge is 0.268 e. The van der Waals surface area contributed by atoms with E-state index in [9.17, 15) is 9.59 Å². The highest BCUT2D eigenvalue weighted by atomic mass is 32.1. The van der Waals surface area contributed by atoms with Gasteiger partial charge in [0.1, 0.15) is 5.69 Å². The molecule has 0 aromatic carbocycles. The number of amides is 2. The molecule has 25 heavy (non-hydrogen) atoms. The Kier molecular flexibility index (Phi) is 5.22. The van der Waals surface area contributed by atoms with Crippen LogP contribution in [0.4, 0.5) is 0 Å². The van der Waals surface area contributed by atoms with Gasteiger partial charge in [-0.1, -0.05) is 0 Å². The largest absolute Gasteiger partial charge is 0.346 e. The van der Waals surface area contributed by atoms with Gasteiger partial charge < -0.3 is 14.8 Å². The Morgan fingerprint density at radius 3 is 2.84 bits per heavy atom. The van der Waals surface area contributed by atoms with Gasteiger partial charge in [-0.2, -0.15) is 0 Å². The second-order valence-corrected chi connectivity index (χ2v) is 7.41. The number of rotatable bonds is 4. The molecular weight excluding hydrogens is 336 g/mol. The highest BCUT2D eigenvalue weighted by Crippen LogP contribution is 2.31. The fourth-order valence-corrected chi connectivity index (χ4v) is 4.17. The normalized spacial score (nSPS) is 17.6. The quantitative estimate of drug-likeness (QED) is 0.912. The number of likely N-dealkylation sites (tertiary alicyclic amines) is 1. The van der Waals surface area contributed by atoms with E-state index < -0.39 is 0 Å². The third kappa shape index (κ3) is 3.61. The standard InChI is InChI=1S/C18H24N4O2S/c1-12-17(25-11-20-12)10-19-18(24)16-8-7-14(21(16)3)15-6-4-5-9-22(15)13(2)23/h7-8,11,15H,4-6,9-10H2,1-3H3,(H,19,24)/t15-/m0/s1. The van der Waals surface area contributed by atoms with E-state index in [1.165, 1.54) is 0 Å². The van der Waals surface area contributed by atoms with Crippen molar-refractivity contribution >= 4 is 23.2 Å². The molecule has 1 N–H and O–H groups in total. The molecule has 1 saturated heterocycles. The first-order valence-electron chi connectivity index (χ1n) is 8.59. The molecule has 1 aliphatic rings. The van der Waals surface area contributed by atoms with E-state index in [1.807, 2.05) is 35.6 Å². The Labute approximate surface area is 151 Å². The second-order valence-electron chi connectivity index (χ2n) is 6.47. The van der Waals surface area contributed by atoms with E-state index in [2.05, 4.69) is 10.3 Å². The minimum atomic E-state index is -0.105. The molecule has 1 atom stereocenters. The lowest BCUT2D eigenvalue weighted by atomic mass is 9.99. The van der Waals surface area contributed by atoms with Crippen molar-refractivity contribution in [2.75, 3.05) is 6.54 Å². The molecule has 2 aromatic rings.